The van der Waals surface area contributed by atoms with Gasteiger partial charge < -0.3 is 5.32 Å². The fraction of sp³-hybridized carbons (Fsp3) is 0.600. The second-order valence-corrected chi connectivity index (χ2v) is 5.50. The fourth-order valence-corrected chi connectivity index (χ4v) is 3.56. The summed E-state index contributed by atoms with van der Waals surface area (Å²) in [4.78, 5) is 2.74. The molecule has 1 aromatic rings. The monoisotopic (exact) mass is 230 g/mol. The molecule has 1 aromatic carbocycles. The van der Waals surface area contributed by atoms with Crippen molar-refractivity contribution in [3.8, 4) is 0 Å². The van der Waals surface area contributed by atoms with Crippen LogP contribution in [0.25, 0.3) is 0 Å². The quantitative estimate of drug-likeness (QED) is 0.858. The van der Waals surface area contributed by atoms with Crippen molar-refractivity contribution < 1.29 is 0 Å². The first kappa shape index (κ1) is 11.2. The number of nitrogens with zero attached hydrogens (tertiary/aromatic N) is 1. The highest BCUT2D eigenvalue weighted by Gasteiger charge is 2.39. The molecule has 0 saturated carbocycles. The van der Waals surface area contributed by atoms with Gasteiger partial charge in [-0.1, -0.05) is 30.3 Å². The van der Waals surface area contributed by atoms with Crippen LogP contribution in [-0.2, 0) is 6.54 Å². The standard InChI is InChI=1S/C15H22N2/c1-16-13-9-14-7-8-15(10-13)17(14)11-12-5-3-2-4-6-12/h2-6,13-16H,7-11H2,1H3/t14-,15-/m0/s1. The van der Waals surface area contributed by atoms with E-state index in [-0.39, 0.29) is 0 Å². The van der Waals surface area contributed by atoms with Crippen molar-refractivity contribution in [3.05, 3.63) is 35.9 Å². The van der Waals surface area contributed by atoms with Crippen molar-refractivity contribution in [2.45, 2.75) is 50.4 Å². The van der Waals surface area contributed by atoms with Gasteiger partial charge in [-0.15, -0.1) is 0 Å². The number of benzene rings is 1. The maximum absolute atomic E-state index is 3.46. The Morgan fingerprint density at radius 3 is 2.35 bits per heavy atom. The third kappa shape index (κ3) is 2.24. The topological polar surface area (TPSA) is 15.3 Å². The molecule has 0 amide bonds. The number of rotatable bonds is 3. The van der Waals surface area contributed by atoms with Gasteiger partial charge in [0.15, 0.2) is 0 Å². The van der Waals surface area contributed by atoms with Gasteiger partial charge in [-0.3, -0.25) is 4.90 Å². The molecule has 3 rings (SSSR count). The van der Waals surface area contributed by atoms with E-state index in [1.54, 1.807) is 0 Å². The summed E-state index contributed by atoms with van der Waals surface area (Å²) >= 11 is 0. The van der Waals surface area contributed by atoms with Crippen molar-refractivity contribution in [1.29, 1.82) is 0 Å². The molecule has 2 nitrogen and oxygen atoms in total. The Morgan fingerprint density at radius 2 is 1.76 bits per heavy atom. The molecule has 0 aromatic heterocycles. The van der Waals surface area contributed by atoms with Crippen LogP contribution in [-0.4, -0.2) is 30.1 Å². The highest BCUT2D eigenvalue weighted by molar-refractivity contribution is 5.15. The van der Waals surface area contributed by atoms with Crippen LogP contribution >= 0.6 is 0 Å². The summed E-state index contributed by atoms with van der Waals surface area (Å²) in [6, 6.07) is 13.3. The van der Waals surface area contributed by atoms with E-state index in [1.807, 2.05) is 0 Å². The van der Waals surface area contributed by atoms with Gasteiger partial charge in [-0.25, -0.2) is 0 Å². The number of nitrogens with one attached hydrogen (secondary N) is 1. The summed E-state index contributed by atoms with van der Waals surface area (Å²) in [5.41, 5.74) is 1.47. The Labute approximate surface area is 104 Å². The van der Waals surface area contributed by atoms with E-state index < -0.39 is 0 Å². The van der Waals surface area contributed by atoms with Crippen molar-refractivity contribution in [1.82, 2.24) is 10.2 Å². The number of piperidine rings is 1. The third-order valence-electron chi connectivity index (χ3n) is 4.50. The van der Waals surface area contributed by atoms with Crippen LogP contribution < -0.4 is 5.32 Å². The summed E-state index contributed by atoms with van der Waals surface area (Å²) in [7, 11) is 2.11. The van der Waals surface area contributed by atoms with Gasteiger partial charge in [-0.2, -0.15) is 0 Å². The lowest BCUT2D eigenvalue weighted by molar-refractivity contribution is 0.111. The van der Waals surface area contributed by atoms with Crippen LogP contribution in [0.4, 0.5) is 0 Å². The molecule has 92 valence electrons. The SMILES string of the molecule is CNC1C[C@@H]2CC[C@@H](C1)N2Cc1ccccc1. The molecule has 2 atom stereocenters. The minimum atomic E-state index is 0.750. The molecule has 0 aliphatic carbocycles. The van der Waals surface area contributed by atoms with Gasteiger partial charge in [0.05, 0.1) is 0 Å². The molecule has 0 radical (unpaired) electrons. The largest absolute Gasteiger partial charge is 0.317 e. The van der Waals surface area contributed by atoms with Gasteiger partial charge in [0, 0.05) is 24.7 Å². The molecule has 0 unspecified atom stereocenters. The van der Waals surface area contributed by atoms with Crippen molar-refractivity contribution in [3.63, 3.8) is 0 Å². The van der Waals surface area contributed by atoms with E-state index in [1.165, 1.54) is 31.2 Å². The predicted molar refractivity (Wildman–Crippen MR) is 70.9 cm³/mol. The van der Waals surface area contributed by atoms with Gasteiger partial charge in [-0.05, 0) is 38.3 Å². The minimum absolute atomic E-state index is 0.750. The molecule has 2 heterocycles. The van der Waals surface area contributed by atoms with E-state index in [4.69, 9.17) is 0 Å². The van der Waals surface area contributed by atoms with Crippen LogP contribution in [0.5, 0.6) is 0 Å². The Balaban J connectivity index is 1.69. The van der Waals surface area contributed by atoms with Gasteiger partial charge in [0.2, 0.25) is 0 Å². The zero-order valence-electron chi connectivity index (χ0n) is 10.6. The molecule has 2 bridgehead atoms. The lowest BCUT2D eigenvalue weighted by Gasteiger charge is -2.39. The third-order valence-corrected chi connectivity index (χ3v) is 4.50. The van der Waals surface area contributed by atoms with Crippen molar-refractivity contribution in [2.75, 3.05) is 7.05 Å². The molecule has 17 heavy (non-hydrogen) atoms. The zero-order valence-corrected chi connectivity index (χ0v) is 10.6. The summed E-state index contributed by atoms with van der Waals surface area (Å²) in [5, 5.41) is 3.46. The Bertz CT molecular complexity index is 348. The Kier molecular flexibility index (Phi) is 3.17. The van der Waals surface area contributed by atoms with Gasteiger partial charge in [0.25, 0.3) is 0 Å². The second kappa shape index (κ2) is 4.79. The Hall–Kier alpha value is -0.860. The van der Waals surface area contributed by atoms with Crippen LogP contribution in [0, 0.1) is 0 Å². The molecular formula is C15H22N2. The second-order valence-electron chi connectivity index (χ2n) is 5.50. The number of hydrogen-bond acceptors (Lipinski definition) is 2. The predicted octanol–water partition coefficient (Wildman–Crippen LogP) is 2.40. The molecule has 2 saturated heterocycles. The summed E-state index contributed by atoms with van der Waals surface area (Å²) in [5.74, 6) is 0. The van der Waals surface area contributed by atoms with Crippen LogP contribution in [0.15, 0.2) is 30.3 Å². The molecule has 0 spiro atoms. The molecule has 2 heteroatoms. The fourth-order valence-electron chi connectivity index (χ4n) is 3.56. The minimum Gasteiger partial charge on any atom is -0.317 e. The lowest BCUT2D eigenvalue weighted by atomic mass is 9.97. The van der Waals surface area contributed by atoms with Crippen molar-refractivity contribution >= 4 is 0 Å². The normalized spacial score (nSPS) is 32.9. The first-order valence-electron chi connectivity index (χ1n) is 6.84. The van der Waals surface area contributed by atoms with Crippen LogP contribution in [0.1, 0.15) is 31.2 Å². The summed E-state index contributed by atoms with van der Waals surface area (Å²) in [6.07, 6.45) is 5.46. The smallest absolute Gasteiger partial charge is 0.0239 e. The van der Waals surface area contributed by atoms with Crippen LogP contribution in [0.2, 0.25) is 0 Å². The van der Waals surface area contributed by atoms with Crippen molar-refractivity contribution in [2.24, 2.45) is 0 Å². The highest BCUT2D eigenvalue weighted by Crippen LogP contribution is 2.36. The van der Waals surface area contributed by atoms with E-state index in [2.05, 4.69) is 47.6 Å². The highest BCUT2D eigenvalue weighted by atomic mass is 15.2. The molecule has 2 fully saturated rings. The first-order chi connectivity index (χ1) is 8.36. The molecule has 2 aliphatic rings. The zero-order chi connectivity index (χ0) is 11.7. The summed E-state index contributed by atoms with van der Waals surface area (Å²) < 4.78 is 0. The van der Waals surface area contributed by atoms with Crippen LogP contribution in [0.3, 0.4) is 0 Å². The lowest BCUT2D eigenvalue weighted by Crippen LogP contribution is -2.47. The first-order valence-corrected chi connectivity index (χ1v) is 6.84. The maximum Gasteiger partial charge on any atom is 0.0239 e. The van der Waals surface area contributed by atoms with E-state index in [0.29, 0.717) is 0 Å². The number of fused-ring (bicyclic) bond motifs is 2. The van der Waals surface area contributed by atoms with Gasteiger partial charge in [0.1, 0.15) is 0 Å². The van der Waals surface area contributed by atoms with E-state index in [9.17, 15) is 0 Å². The summed E-state index contributed by atoms with van der Waals surface area (Å²) in [6.45, 7) is 1.15. The average Bonchev–Trinajstić information content (AvgIpc) is 2.63. The Morgan fingerprint density at radius 1 is 1.12 bits per heavy atom. The van der Waals surface area contributed by atoms with E-state index in [0.717, 1.165) is 24.7 Å². The molecule has 2 aliphatic heterocycles. The number of hydrogen-bond donors (Lipinski definition) is 1. The molecule has 1 N–H and O–H groups in total. The molecular weight excluding hydrogens is 208 g/mol. The van der Waals surface area contributed by atoms with E-state index >= 15 is 0 Å². The van der Waals surface area contributed by atoms with Gasteiger partial charge >= 0.3 is 0 Å². The maximum atomic E-state index is 3.46. The average molecular weight is 230 g/mol.